The summed E-state index contributed by atoms with van der Waals surface area (Å²) in [5.74, 6) is 0.686. The first kappa shape index (κ1) is 16.7. The minimum Gasteiger partial charge on any atom is -0.372 e. The first-order valence-electron chi connectivity index (χ1n) is 8.56. The highest BCUT2D eigenvalue weighted by atomic mass is 16.2. The van der Waals surface area contributed by atoms with Crippen LogP contribution in [0.5, 0.6) is 0 Å². The minimum atomic E-state index is -0.144. The van der Waals surface area contributed by atoms with Gasteiger partial charge >= 0.3 is 0 Å². The number of rotatable bonds is 5. The van der Waals surface area contributed by atoms with Gasteiger partial charge in [0.15, 0.2) is 0 Å². The Morgan fingerprint density at radius 1 is 1.25 bits per heavy atom. The molecular formula is C17H25N5O2. The van der Waals surface area contributed by atoms with Gasteiger partial charge in [0.1, 0.15) is 5.82 Å². The lowest BCUT2D eigenvalue weighted by Crippen LogP contribution is -2.55. The lowest BCUT2D eigenvalue weighted by Gasteiger charge is -2.37. The Bertz CT molecular complexity index is 609. The van der Waals surface area contributed by atoms with Gasteiger partial charge < -0.3 is 15.5 Å². The minimum absolute atomic E-state index is 0.0119. The van der Waals surface area contributed by atoms with Crippen LogP contribution < -0.4 is 10.6 Å². The molecule has 1 unspecified atom stereocenters. The van der Waals surface area contributed by atoms with Crippen molar-refractivity contribution in [3.8, 4) is 0 Å². The maximum atomic E-state index is 12.7. The highest BCUT2D eigenvalue weighted by Crippen LogP contribution is 2.20. The van der Waals surface area contributed by atoms with E-state index in [4.69, 9.17) is 0 Å². The van der Waals surface area contributed by atoms with Crippen molar-refractivity contribution in [1.29, 1.82) is 0 Å². The number of nitrogens with one attached hydrogen (secondary N) is 2. The van der Waals surface area contributed by atoms with E-state index < -0.39 is 0 Å². The zero-order valence-corrected chi connectivity index (χ0v) is 14.3. The van der Waals surface area contributed by atoms with Crippen molar-refractivity contribution in [2.45, 2.75) is 31.8 Å². The lowest BCUT2D eigenvalue weighted by molar-refractivity contribution is -0.126. The summed E-state index contributed by atoms with van der Waals surface area (Å²) in [5.41, 5.74) is 0.591. The molecule has 1 saturated carbocycles. The van der Waals surface area contributed by atoms with Gasteiger partial charge in [-0.15, -0.1) is 0 Å². The predicted octanol–water partition coefficient (Wildman–Crippen LogP) is 0.548. The number of pyridine rings is 1. The molecule has 1 aliphatic carbocycles. The van der Waals surface area contributed by atoms with Crippen LogP contribution in [0.4, 0.5) is 5.82 Å². The molecule has 2 amide bonds. The molecule has 1 aromatic heterocycles. The van der Waals surface area contributed by atoms with Gasteiger partial charge in [-0.05, 0) is 31.9 Å². The SMILES string of the molecule is CNc1ncccc1C(=O)N1CCN(C(C)C(=O)NC2CC2)CC1. The molecule has 3 rings (SSSR count). The molecule has 0 aromatic carbocycles. The fourth-order valence-electron chi connectivity index (χ4n) is 2.98. The van der Waals surface area contributed by atoms with E-state index in [0.717, 1.165) is 12.8 Å². The quantitative estimate of drug-likeness (QED) is 0.824. The summed E-state index contributed by atoms with van der Waals surface area (Å²) in [5, 5.41) is 6.01. The van der Waals surface area contributed by atoms with Gasteiger partial charge in [-0.3, -0.25) is 14.5 Å². The Hall–Kier alpha value is -2.15. The van der Waals surface area contributed by atoms with Gasteiger partial charge in [0.2, 0.25) is 5.91 Å². The molecule has 1 aromatic rings. The summed E-state index contributed by atoms with van der Waals surface area (Å²) < 4.78 is 0. The zero-order chi connectivity index (χ0) is 17.1. The topological polar surface area (TPSA) is 77.6 Å². The molecule has 0 radical (unpaired) electrons. The Labute approximate surface area is 142 Å². The van der Waals surface area contributed by atoms with Crippen molar-refractivity contribution in [2.24, 2.45) is 0 Å². The smallest absolute Gasteiger partial charge is 0.257 e. The van der Waals surface area contributed by atoms with Crippen molar-refractivity contribution in [3.63, 3.8) is 0 Å². The maximum Gasteiger partial charge on any atom is 0.257 e. The third kappa shape index (κ3) is 3.67. The van der Waals surface area contributed by atoms with Crippen LogP contribution in [0, 0.1) is 0 Å². The van der Waals surface area contributed by atoms with Crippen LogP contribution in [0.15, 0.2) is 18.3 Å². The van der Waals surface area contributed by atoms with Crippen molar-refractivity contribution >= 4 is 17.6 Å². The number of amides is 2. The van der Waals surface area contributed by atoms with Crippen LogP contribution in [-0.4, -0.2) is 71.9 Å². The number of carbonyl (C=O) groups excluding carboxylic acids is 2. The van der Waals surface area contributed by atoms with Crippen LogP contribution in [-0.2, 0) is 4.79 Å². The second-order valence-corrected chi connectivity index (χ2v) is 6.44. The van der Waals surface area contributed by atoms with E-state index >= 15 is 0 Å². The number of piperazine rings is 1. The fourth-order valence-corrected chi connectivity index (χ4v) is 2.98. The summed E-state index contributed by atoms with van der Waals surface area (Å²) in [6.07, 6.45) is 3.86. The molecule has 1 saturated heterocycles. The van der Waals surface area contributed by atoms with Crippen LogP contribution in [0.3, 0.4) is 0 Å². The first-order valence-corrected chi connectivity index (χ1v) is 8.56. The second-order valence-electron chi connectivity index (χ2n) is 6.44. The normalized spacial score (nSPS) is 19.7. The van der Waals surface area contributed by atoms with Gasteiger partial charge in [0.05, 0.1) is 11.6 Å². The monoisotopic (exact) mass is 331 g/mol. The average molecular weight is 331 g/mol. The van der Waals surface area contributed by atoms with Crippen LogP contribution in [0.2, 0.25) is 0 Å². The van der Waals surface area contributed by atoms with Crippen molar-refractivity contribution in [2.75, 3.05) is 38.5 Å². The summed E-state index contributed by atoms with van der Waals surface area (Å²) in [7, 11) is 1.76. The molecule has 1 atom stereocenters. The number of aromatic nitrogens is 1. The molecule has 0 bridgehead atoms. The van der Waals surface area contributed by atoms with E-state index in [9.17, 15) is 9.59 Å². The van der Waals surface area contributed by atoms with E-state index in [1.54, 1.807) is 25.4 Å². The molecule has 2 N–H and O–H groups in total. The Morgan fingerprint density at radius 3 is 2.58 bits per heavy atom. The standard InChI is InChI=1S/C17H25N5O2/c1-12(16(23)20-13-5-6-13)21-8-10-22(11-9-21)17(24)14-4-3-7-19-15(14)18-2/h3-4,7,12-13H,5-6,8-11H2,1-2H3,(H,18,19)(H,20,23). The van der Waals surface area contributed by atoms with Gasteiger partial charge in [0, 0.05) is 45.5 Å². The third-order valence-corrected chi connectivity index (χ3v) is 4.73. The summed E-state index contributed by atoms with van der Waals surface area (Å²) >= 11 is 0. The number of hydrogen-bond acceptors (Lipinski definition) is 5. The van der Waals surface area contributed by atoms with Gasteiger partial charge in [-0.2, -0.15) is 0 Å². The van der Waals surface area contributed by atoms with Crippen LogP contribution >= 0.6 is 0 Å². The molecule has 0 spiro atoms. The maximum absolute atomic E-state index is 12.7. The molecule has 130 valence electrons. The van der Waals surface area contributed by atoms with Gasteiger partial charge in [-0.25, -0.2) is 4.98 Å². The van der Waals surface area contributed by atoms with Crippen molar-refractivity contribution in [1.82, 2.24) is 20.1 Å². The number of carbonyl (C=O) groups is 2. The predicted molar refractivity (Wildman–Crippen MR) is 91.9 cm³/mol. The lowest BCUT2D eigenvalue weighted by atomic mass is 10.1. The van der Waals surface area contributed by atoms with E-state index in [-0.39, 0.29) is 17.9 Å². The first-order chi connectivity index (χ1) is 11.6. The van der Waals surface area contributed by atoms with Crippen LogP contribution in [0.25, 0.3) is 0 Å². The Kier molecular flexibility index (Phi) is 4.99. The summed E-state index contributed by atoms with van der Waals surface area (Å²) in [6, 6.07) is 3.80. The molecule has 2 fully saturated rings. The summed E-state index contributed by atoms with van der Waals surface area (Å²) in [6.45, 7) is 4.60. The Balaban J connectivity index is 1.56. The molecule has 1 aliphatic heterocycles. The molecule has 24 heavy (non-hydrogen) atoms. The number of anilines is 1. The molecule has 7 nitrogen and oxygen atoms in total. The molecule has 2 aliphatic rings. The van der Waals surface area contributed by atoms with Crippen molar-refractivity contribution < 1.29 is 9.59 Å². The van der Waals surface area contributed by atoms with E-state index in [1.165, 1.54) is 0 Å². The summed E-state index contributed by atoms with van der Waals surface area (Å²) in [4.78, 5) is 33.0. The van der Waals surface area contributed by atoms with E-state index in [2.05, 4.69) is 20.5 Å². The molecule has 2 heterocycles. The Morgan fingerprint density at radius 2 is 1.96 bits per heavy atom. The highest BCUT2D eigenvalue weighted by Gasteiger charge is 2.31. The fraction of sp³-hybridized carbons (Fsp3) is 0.588. The number of hydrogen-bond donors (Lipinski definition) is 2. The largest absolute Gasteiger partial charge is 0.372 e. The van der Waals surface area contributed by atoms with Crippen LogP contribution in [0.1, 0.15) is 30.1 Å². The molecule has 7 heteroatoms. The third-order valence-electron chi connectivity index (χ3n) is 4.73. The number of nitrogens with zero attached hydrogens (tertiary/aromatic N) is 3. The molecular weight excluding hydrogens is 306 g/mol. The average Bonchev–Trinajstić information content (AvgIpc) is 3.44. The second kappa shape index (κ2) is 7.17. The highest BCUT2D eigenvalue weighted by molar-refractivity contribution is 5.98. The van der Waals surface area contributed by atoms with Gasteiger partial charge in [-0.1, -0.05) is 0 Å². The van der Waals surface area contributed by atoms with Gasteiger partial charge in [0.25, 0.3) is 5.91 Å². The zero-order valence-electron chi connectivity index (χ0n) is 14.3. The van der Waals surface area contributed by atoms with E-state index in [0.29, 0.717) is 43.6 Å². The van der Waals surface area contributed by atoms with E-state index in [1.807, 2.05) is 11.8 Å². The van der Waals surface area contributed by atoms with Crippen molar-refractivity contribution in [3.05, 3.63) is 23.9 Å².